The van der Waals surface area contributed by atoms with Crippen molar-refractivity contribution >= 4 is 37.8 Å². The van der Waals surface area contributed by atoms with E-state index in [1.165, 1.54) is 0 Å². The van der Waals surface area contributed by atoms with Crippen LogP contribution in [0.5, 0.6) is 0 Å². The lowest BCUT2D eigenvalue weighted by Crippen LogP contribution is -2.25. The Balaban J connectivity index is 1.95. The Hall–Kier alpha value is -1.28. The topological polar surface area (TPSA) is 101 Å². The normalized spacial score (nSPS) is 24.7. The molecule has 2 aliphatic rings. The molecule has 0 radical (unpaired) electrons. The van der Waals surface area contributed by atoms with Crippen LogP contribution in [-0.2, 0) is 9.84 Å². The molecule has 21 heavy (non-hydrogen) atoms. The Morgan fingerprint density at radius 1 is 1.38 bits per heavy atom. The first kappa shape index (κ1) is 14.6. The summed E-state index contributed by atoms with van der Waals surface area (Å²) in [6.07, 6.45) is 4.07. The second-order valence-corrected chi connectivity index (χ2v) is 8.96. The number of nitrogen functional groups attached to an aromatic ring is 1. The maximum atomic E-state index is 12.2. The van der Waals surface area contributed by atoms with Crippen LogP contribution in [0.3, 0.4) is 0 Å². The van der Waals surface area contributed by atoms with Gasteiger partial charge >= 0.3 is 0 Å². The summed E-state index contributed by atoms with van der Waals surface area (Å²) in [5, 5.41) is 6.55. The van der Waals surface area contributed by atoms with Crippen molar-refractivity contribution in [2.24, 2.45) is 5.92 Å². The molecule has 1 aromatic rings. The molecule has 0 spiro atoms. The summed E-state index contributed by atoms with van der Waals surface area (Å²) in [4.78, 5) is 12.5. The number of hydrogen-bond acceptors (Lipinski definition) is 6. The number of amides is 1. The lowest BCUT2D eigenvalue weighted by Gasteiger charge is -2.05. The molecule has 2 saturated carbocycles. The number of carbonyl (C=O) groups is 1. The number of hydrogen-bond donors (Lipinski definition) is 3. The zero-order valence-corrected chi connectivity index (χ0v) is 13.6. The lowest BCUT2D eigenvalue weighted by molar-refractivity contribution is 0.0956. The van der Waals surface area contributed by atoms with E-state index in [9.17, 15) is 13.2 Å². The van der Waals surface area contributed by atoms with Crippen LogP contribution in [0.4, 0.5) is 10.7 Å². The third-order valence-corrected chi connectivity index (χ3v) is 6.25. The first-order chi connectivity index (χ1) is 9.77. The number of sulfone groups is 1. The molecule has 116 valence electrons. The predicted octanol–water partition coefficient (Wildman–Crippen LogP) is 1.45. The molecular formula is C13H19N3O3S2. The smallest absolute Gasteiger partial charge is 0.263 e. The molecule has 8 heteroatoms. The Labute approximate surface area is 128 Å². The Morgan fingerprint density at radius 3 is 2.48 bits per heavy atom. The van der Waals surface area contributed by atoms with Gasteiger partial charge in [-0.25, -0.2) is 8.42 Å². The number of nitrogens with two attached hydrogens (primary N) is 1. The predicted molar refractivity (Wildman–Crippen MR) is 83.5 cm³/mol. The molecule has 4 N–H and O–H groups in total. The van der Waals surface area contributed by atoms with E-state index >= 15 is 0 Å². The number of carbonyl (C=O) groups excluding carboxylic acids is 1. The average Bonchev–Trinajstić information content (AvgIpc) is 3.23. The zero-order chi connectivity index (χ0) is 15.4. The van der Waals surface area contributed by atoms with Gasteiger partial charge < -0.3 is 16.4 Å². The van der Waals surface area contributed by atoms with Gasteiger partial charge in [0.15, 0.2) is 9.84 Å². The van der Waals surface area contributed by atoms with E-state index in [-0.39, 0.29) is 33.5 Å². The molecule has 2 atom stereocenters. The van der Waals surface area contributed by atoms with Gasteiger partial charge in [-0.05, 0) is 25.2 Å². The third-order valence-electron chi connectivity index (χ3n) is 3.82. The average molecular weight is 329 g/mol. The van der Waals surface area contributed by atoms with Crippen molar-refractivity contribution < 1.29 is 13.2 Å². The SMILES string of the molecule is CC1CC1Nc1sc(C(=O)NC2CC2)c(N)c1S(C)(=O)=O. The standard InChI is InChI=1S/C13H19N3O3S2/c1-6-5-8(6)16-13-11(21(2,18)19)9(14)10(20-13)12(17)15-7-3-4-7/h6-8,16H,3-5,14H2,1-2H3,(H,15,17). The van der Waals surface area contributed by atoms with Crippen LogP contribution in [0.25, 0.3) is 0 Å². The highest BCUT2D eigenvalue weighted by Gasteiger charge is 2.36. The van der Waals surface area contributed by atoms with Gasteiger partial charge in [0.2, 0.25) is 0 Å². The summed E-state index contributed by atoms with van der Waals surface area (Å²) in [5.41, 5.74) is 6.01. The maximum absolute atomic E-state index is 12.2. The minimum Gasteiger partial charge on any atom is -0.396 e. The summed E-state index contributed by atoms with van der Waals surface area (Å²) in [5.74, 6) is 0.242. The van der Waals surface area contributed by atoms with Crippen molar-refractivity contribution in [1.29, 1.82) is 0 Å². The Kier molecular flexibility index (Phi) is 3.40. The highest BCUT2D eigenvalue weighted by atomic mass is 32.2. The van der Waals surface area contributed by atoms with Crippen LogP contribution < -0.4 is 16.4 Å². The third kappa shape index (κ3) is 3.01. The molecule has 2 aliphatic carbocycles. The van der Waals surface area contributed by atoms with Gasteiger partial charge in [0.05, 0.1) is 5.69 Å². The van der Waals surface area contributed by atoms with Crippen LogP contribution in [0.1, 0.15) is 35.9 Å². The van der Waals surface area contributed by atoms with Crippen LogP contribution in [0, 0.1) is 5.92 Å². The molecule has 0 aliphatic heterocycles. The first-order valence-electron chi connectivity index (χ1n) is 6.97. The summed E-state index contributed by atoms with van der Waals surface area (Å²) in [7, 11) is -3.48. The van der Waals surface area contributed by atoms with Gasteiger partial charge in [-0.3, -0.25) is 4.79 Å². The van der Waals surface area contributed by atoms with E-state index < -0.39 is 9.84 Å². The van der Waals surface area contributed by atoms with Gasteiger partial charge in [0.25, 0.3) is 5.91 Å². The van der Waals surface area contributed by atoms with Gasteiger partial charge in [0, 0.05) is 18.3 Å². The second-order valence-electron chi connectivity index (χ2n) is 5.99. The maximum Gasteiger partial charge on any atom is 0.263 e. The fourth-order valence-electron chi connectivity index (χ4n) is 2.23. The lowest BCUT2D eigenvalue weighted by atomic mass is 10.3. The summed E-state index contributed by atoms with van der Waals surface area (Å²) < 4.78 is 24.0. The molecule has 1 amide bonds. The van der Waals surface area contributed by atoms with E-state index in [1.807, 2.05) is 0 Å². The molecule has 0 bridgehead atoms. The molecule has 3 rings (SSSR count). The molecule has 2 fully saturated rings. The van der Waals surface area contributed by atoms with Crippen LogP contribution >= 0.6 is 11.3 Å². The molecule has 2 unspecified atom stereocenters. The van der Waals surface area contributed by atoms with Gasteiger partial charge in [-0.15, -0.1) is 11.3 Å². The monoisotopic (exact) mass is 329 g/mol. The number of rotatable bonds is 5. The molecule has 1 aromatic heterocycles. The summed E-state index contributed by atoms with van der Waals surface area (Å²) in [6.45, 7) is 2.09. The number of thiophene rings is 1. The molecule has 0 saturated heterocycles. The van der Waals surface area contributed by atoms with Gasteiger partial charge in [-0.2, -0.15) is 0 Å². The molecular weight excluding hydrogens is 310 g/mol. The molecule has 6 nitrogen and oxygen atoms in total. The Bertz CT molecular complexity index is 692. The van der Waals surface area contributed by atoms with Crippen molar-refractivity contribution in [2.75, 3.05) is 17.3 Å². The van der Waals surface area contributed by atoms with Gasteiger partial charge in [-0.1, -0.05) is 6.92 Å². The fourth-order valence-corrected chi connectivity index (χ4v) is 4.75. The molecule has 1 heterocycles. The quantitative estimate of drug-likeness (QED) is 0.759. The largest absolute Gasteiger partial charge is 0.396 e. The summed E-state index contributed by atoms with van der Waals surface area (Å²) in [6, 6.07) is 0.475. The zero-order valence-electron chi connectivity index (χ0n) is 12.0. The van der Waals surface area contributed by atoms with Crippen LogP contribution in [0.15, 0.2) is 4.90 Å². The first-order valence-corrected chi connectivity index (χ1v) is 9.68. The van der Waals surface area contributed by atoms with Crippen LogP contribution in [0.2, 0.25) is 0 Å². The highest BCUT2D eigenvalue weighted by Crippen LogP contribution is 2.43. The van der Waals surface area contributed by atoms with E-state index in [0.717, 1.165) is 36.9 Å². The van der Waals surface area contributed by atoms with Crippen molar-refractivity contribution in [2.45, 2.75) is 43.2 Å². The van der Waals surface area contributed by atoms with Gasteiger partial charge in [0.1, 0.15) is 14.8 Å². The van der Waals surface area contributed by atoms with E-state index in [4.69, 9.17) is 5.73 Å². The molecule has 0 aromatic carbocycles. The van der Waals surface area contributed by atoms with Crippen molar-refractivity contribution in [3.05, 3.63) is 4.88 Å². The van der Waals surface area contributed by atoms with E-state index in [2.05, 4.69) is 17.6 Å². The summed E-state index contributed by atoms with van der Waals surface area (Å²) >= 11 is 1.13. The van der Waals surface area contributed by atoms with E-state index in [1.54, 1.807) is 0 Å². The number of anilines is 2. The minimum atomic E-state index is -3.48. The Morgan fingerprint density at radius 2 is 2.00 bits per heavy atom. The van der Waals surface area contributed by atoms with Crippen molar-refractivity contribution in [3.8, 4) is 0 Å². The van der Waals surface area contributed by atoms with E-state index in [0.29, 0.717) is 10.9 Å². The van der Waals surface area contributed by atoms with Crippen LogP contribution in [-0.4, -0.2) is 32.7 Å². The minimum absolute atomic E-state index is 0.0625. The number of nitrogens with one attached hydrogen (secondary N) is 2. The fraction of sp³-hybridized carbons (Fsp3) is 0.615. The highest BCUT2D eigenvalue weighted by molar-refractivity contribution is 7.91. The van der Waals surface area contributed by atoms with Crippen molar-refractivity contribution in [3.63, 3.8) is 0 Å². The van der Waals surface area contributed by atoms with Crippen molar-refractivity contribution in [1.82, 2.24) is 5.32 Å². The second kappa shape index (κ2) is 4.88.